The summed E-state index contributed by atoms with van der Waals surface area (Å²) in [7, 11) is 0. The number of nitrogens with zero attached hydrogens (tertiary/aromatic N) is 3. The molecular formula is C16H19N3O3. The van der Waals surface area contributed by atoms with Crippen LogP contribution in [0.3, 0.4) is 0 Å². The van der Waals surface area contributed by atoms with Gasteiger partial charge < -0.3 is 14.0 Å². The first kappa shape index (κ1) is 13.6. The Kier molecular flexibility index (Phi) is 3.46. The molecule has 0 aliphatic carbocycles. The summed E-state index contributed by atoms with van der Waals surface area (Å²) in [4.78, 5) is 6.70. The van der Waals surface area contributed by atoms with Gasteiger partial charge in [-0.25, -0.2) is 0 Å². The molecule has 0 amide bonds. The molecule has 1 aromatic heterocycles. The molecule has 2 aliphatic heterocycles. The van der Waals surface area contributed by atoms with Gasteiger partial charge in [0.1, 0.15) is 13.2 Å². The minimum atomic E-state index is 0.364. The number of likely N-dealkylation sites (tertiary alicyclic amines) is 1. The van der Waals surface area contributed by atoms with Crippen LogP contribution in [0.1, 0.15) is 36.2 Å². The molecule has 6 nitrogen and oxygen atoms in total. The molecule has 0 N–H and O–H groups in total. The van der Waals surface area contributed by atoms with E-state index in [1.165, 1.54) is 12.0 Å². The van der Waals surface area contributed by atoms with Crippen molar-refractivity contribution in [1.29, 1.82) is 0 Å². The van der Waals surface area contributed by atoms with Gasteiger partial charge in [0.25, 0.3) is 0 Å². The minimum absolute atomic E-state index is 0.364. The molecule has 0 saturated carbocycles. The van der Waals surface area contributed by atoms with Crippen LogP contribution in [0.4, 0.5) is 0 Å². The first-order valence-electron chi connectivity index (χ1n) is 7.72. The maximum Gasteiger partial charge on any atom is 0.240 e. The Morgan fingerprint density at radius 1 is 1.23 bits per heavy atom. The molecule has 116 valence electrons. The van der Waals surface area contributed by atoms with Crippen LogP contribution in [0.5, 0.6) is 11.5 Å². The summed E-state index contributed by atoms with van der Waals surface area (Å²) >= 11 is 0. The number of aryl methyl sites for hydroxylation is 1. The van der Waals surface area contributed by atoms with E-state index < -0.39 is 0 Å². The summed E-state index contributed by atoms with van der Waals surface area (Å²) in [6.45, 7) is 4.82. The normalized spacial score (nSPS) is 21.2. The van der Waals surface area contributed by atoms with Crippen molar-refractivity contribution in [3.63, 3.8) is 0 Å². The van der Waals surface area contributed by atoms with Crippen LogP contribution in [-0.4, -0.2) is 34.8 Å². The van der Waals surface area contributed by atoms with Gasteiger partial charge in [-0.2, -0.15) is 4.98 Å². The van der Waals surface area contributed by atoms with Gasteiger partial charge in [-0.1, -0.05) is 11.2 Å². The highest BCUT2D eigenvalue weighted by molar-refractivity contribution is 5.44. The smallest absolute Gasteiger partial charge is 0.240 e. The second-order valence-corrected chi connectivity index (χ2v) is 5.77. The second kappa shape index (κ2) is 5.61. The Morgan fingerprint density at radius 2 is 2.09 bits per heavy atom. The summed E-state index contributed by atoms with van der Waals surface area (Å²) < 4.78 is 16.5. The topological polar surface area (TPSA) is 60.6 Å². The van der Waals surface area contributed by atoms with Crippen molar-refractivity contribution in [2.24, 2.45) is 0 Å². The third-order valence-corrected chi connectivity index (χ3v) is 4.22. The molecule has 1 fully saturated rings. The lowest BCUT2D eigenvalue weighted by molar-refractivity contribution is 0.170. The van der Waals surface area contributed by atoms with E-state index in [9.17, 15) is 0 Å². The molecule has 2 aromatic rings. The SMILES string of the molecule is Cc1noc(CN2CCC[C@H]2c2ccc3c(c2)OCCO3)n1. The Labute approximate surface area is 129 Å². The molecular weight excluding hydrogens is 282 g/mol. The van der Waals surface area contributed by atoms with Crippen molar-refractivity contribution in [2.45, 2.75) is 32.4 Å². The van der Waals surface area contributed by atoms with Gasteiger partial charge in [-0.15, -0.1) is 0 Å². The maximum atomic E-state index is 5.70. The van der Waals surface area contributed by atoms with Crippen LogP contribution in [0.25, 0.3) is 0 Å². The molecule has 4 rings (SSSR count). The zero-order valence-corrected chi connectivity index (χ0v) is 12.6. The largest absolute Gasteiger partial charge is 0.486 e. The average Bonchev–Trinajstić information content (AvgIpc) is 3.16. The summed E-state index contributed by atoms with van der Waals surface area (Å²) in [6.07, 6.45) is 2.30. The highest BCUT2D eigenvalue weighted by Gasteiger charge is 2.28. The van der Waals surface area contributed by atoms with Gasteiger partial charge >= 0.3 is 0 Å². The highest BCUT2D eigenvalue weighted by atomic mass is 16.6. The van der Waals surface area contributed by atoms with E-state index in [2.05, 4.69) is 27.2 Å². The van der Waals surface area contributed by atoms with Crippen LogP contribution < -0.4 is 9.47 Å². The molecule has 1 atom stereocenters. The fourth-order valence-corrected chi connectivity index (χ4v) is 3.24. The standard InChI is InChI=1S/C16H19N3O3/c1-11-17-16(22-18-11)10-19-6-2-3-13(19)12-4-5-14-15(9-12)21-8-7-20-14/h4-5,9,13H,2-3,6-8,10H2,1H3/t13-/m0/s1. The molecule has 0 radical (unpaired) electrons. The molecule has 1 saturated heterocycles. The predicted octanol–water partition coefficient (Wildman–Crippen LogP) is 2.49. The molecule has 22 heavy (non-hydrogen) atoms. The first-order valence-corrected chi connectivity index (χ1v) is 7.72. The van der Waals surface area contributed by atoms with E-state index >= 15 is 0 Å². The minimum Gasteiger partial charge on any atom is -0.486 e. The van der Waals surface area contributed by atoms with Crippen molar-refractivity contribution in [1.82, 2.24) is 15.0 Å². The quantitative estimate of drug-likeness (QED) is 0.868. The van der Waals surface area contributed by atoms with E-state index in [0.717, 1.165) is 24.5 Å². The van der Waals surface area contributed by atoms with Gasteiger partial charge in [0.05, 0.1) is 6.54 Å². The monoisotopic (exact) mass is 301 g/mol. The average molecular weight is 301 g/mol. The zero-order chi connectivity index (χ0) is 14.9. The lowest BCUT2D eigenvalue weighted by Crippen LogP contribution is -2.23. The molecule has 2 aliphatic rings. The number of rotatable bonds is 3. The zero-order valence-electron chi connectivity index (χ0n) is 12.6. The first-order chi connectivity index (χ1) is 10.8. The number of ether oxygens (including phenoxy) is 2. The Hall–Kier alpha value is -2.08. The van der Waals surface area contributed by atoms with Crippen LogP contribution in [-0.2, 0) is 6.54 Å². The van der Waals surface area contributed by atoms with Crippen LogP contribution in [0.2, 0.25) is 0 Å². The van der Waals surface area contributed by atoms with Crippen molar-refractivity contribution in [2.75, 3.05) is 19.8 Å². The fourth-order valence-electron chi connectivity index (χ4n) is 3.24. The van der Waals surface area contributed by atoms with Gasteiger partial charge in [-0.3, -0.25) is 4.90 Å². The van der Waals surface area contributed by atoms with Crippen LogP contribution in [0.15, 0.2) is 22.7 Å². The van der Waals surface area contributed by atoms with E-state index in [-0.39, 0.29) is 0 Å². The van der Waals surface area contributed by atoms with E-state index in [1.807, 2.05) is 13.0 Å². The van der Waals surface area contributed by atoms with Crippen LogP contribution >= 0.6 is 0 Å². The van der Waals surface area contributed by atoms with Crippen molar-refractivity contribution >= 4 is 0 Å². The summed E-state index contributed by atoms with van der Waals surface area (Å²) in [5, 5.41) is 3.86. The molecule has 3 heterocycles. The summed E-state index contributed by atoms with van der Waals surface area (Å²) in [6, 6.07) is 6.62. The van der Waals surface area contributed by atoms with Gasteiger partial charge in [0.2, 0.25) is 5.89 Å². The number of hydrogen-bond donors (Lipinski definition) is 0. The Balaban J connectivity index is 1.55. The van der Waals surface area contributed by atoms with Gasteiger partial charge in [-0.05, 0) is 44.0 Å². The second-order valence-electron chi connectivity index (χ2n) is 5.77. The maximum absolute atomic E-state index is 5.70. The third-order valence-electron chi connectivity index (χ3n) is 4.22. The summed E-state index contributed by atoms with van der Waals surface area (Å²) in [5.74, 6) is 3.06. The molecule has 1 aromatic carbocycles. The number of aromatic nitrogens is 2. The van der Waals surface area contributed by atoms with Crippen molar-refractivity contribution in [3.8, 4) is 11.5 Å². The van der Waals surface area contributed by atoms with Crippen molar-refractivity contribution < 1.29 is 14.0 Å². The summed E-state index contributed by atoms with van der Waals surface area (Å²) in [5.41, 5.74) is 1.26. The molecule has 0 bridgehead atoms. The number of fused-ring (bicyclic) bond motifs is 1. The van der Waals surface area contributed by atoms with Crippen molar-refractivity contribution in [3.05, 3.63) is 35.5 Å². The molecule has 0 spiro atoms. The molecule has 6 heteroatoms. The number of benzene rings is 1. The Bertz CT molecular complexity index is 670. The molecule has 0 unspecified atom stereocenters. The van der Waals surface area contributed by atoms with E-state index in [1.54, 1.807) is 0 Å². The van der Waals surface area contributed by atoms with E-state index in [4.69, 9.17) is 14.0 Å². The van der Waals surface area contributed by atoms with Gasteiger partial charge in [0.15, 0.2) is 17.3 Å². The lowest BCUT2D eigenvalue weighted by atomic mass is 10.0. The third kappa shape index (κ3) is 2.54. The fraction of sp³-hybridized carbons (Fsp3) is 0.500. The van der Waals surface area contributed by atoms with Crippen LogP contribution in [0, 0.1) is 6.92 Å². The predicted molar refractivity (Wildman–Crippen MR) is 78.9 cm³/mol. The number of hydrogen-bond acceptors (Lipinski definition) is 6. The highest BCUT2D eigenvalue weighted by Crippen LogP contribution is 2.38. The van der Waals surface area contributed by atoms with Gasteiger partial charge in [0, 0.05) is 6.04 Å². The lowest BCUT2D eigenvalue weighted by Gasteiger charge is -2.25. The van der Waals surface area contributed by atoms with E-state index in [0.29, 0.717) is 37.5 Å². The Morgan fingerprint density at radius 3 is 2.91 bits per heavy atom.